The lowest BCUT2D eigenvalue weighted by molar-refractivity contribution is 0.000547. The van der Waals surface area contributed by atoms with Gasteiger partial charge in [0.05, 0.1) is 24.8 Å². The van der Waals surface area contributed by atoms with Gasteiger partial charge in [0.2, 0.25) is 0 Å². The summed E-state index contributed by atoms with van der Waals surface area (Å²) in [7, 11) is 0. The second-order valence-electron chi connectivity index (χ2n) is 4.85. The van der Waals surface area contributed by atoms with E-state index in [9.17, 15) is 4.79 Å². The number of carbonyl (C=O) groups excluding carboxylic acids is 1. The lowest BCUT2D eigenvalue weighted by atomic mass is 10.1. The molecular weight excluding hydrogens is 254 g/mol. The first kappa shape index (κ1) is 13.0. The molecule has 1 fully saturated rings. The largest absolute Gasteiger partial charge is 0.377 e. The fourth-order valence-corrected chi connectivity index (χ4v) is 2.45. The third-order valence-corrected chi connectivity index (χ3v) is 3.58. The molecule has 5 nitrogen and oxygen atoms in total. The molecule has 2 heterocycles. The van der Waals surface area contributed by atoms with E-state index in [0.29, 0.717) is 32.0 Å². The maximum absolute atomic E-state index is 12.6. The second-order valence-corrected chi connectivity index (χ2v) is 4.85. The fourth-order valence-electron chi connectivity index (χ4n) is 2.45. The minimum atomic E-state index is -0.0745. The number of nitrogens with zero attached hydrogens (tertiary/aromatic N) is 2. The Balaban J connectivity index is 1.91. The Labute approximate surface area is 117 Å². The number of aromatic nitrogens is 1. The van der Waals surface area contributed by atoms with Crippen LogP contribution >= 0.6 is 0 Å². The minimum absolute atomic E-state index is 0.0653. The van der Waals surface area contributed by atoms with E-state index in [4.69, 9.17) is 10.5 Å². The highest BCUT2D eigenvalue weighted by Crippen LogP contribution is 2.15. The van der Waals surface area contributed by atoms with E-state index in [0.717, 1.165) is 10.9 Å². The van der Waals surface area contributed by atoms with Crippen LogP contribution in [0.3, 0.4) is 0 Å². The van der Waals surface area contributed by atoms with Crippen molar-refractivity contribution in [3.63, 3.8) is 0 Å². The van der Waals surface area contributed by atoms with Crippen LogP contribution in [0, 0.1) is 0 Å². The topological polar surface area (TPSA) is 68.5 Å². The average molecular weight is 271 g/mol. The Morgan fingerprint density at radius 3 is 3.05 bits per heavy atom. The predicted octanol–water partition coefficient (Wildman–Crippen LogP) is 1.03. The molecule has 3 rings (SSSR count). The van der Waals surface area contributed by atoms with Gasteiger partial charge in [-0.15, -0.1) is 0 Å². The molecule has 2 N–H and O–H groups in total. The Morgan fingerprint density at radius 2 is 2.20 bits per heavy atom. The van der Waals surface area contributed by atoms with Crippen molar-refractivity contribution < 1.29 is 9.53 Å². The van der Waals surface area contributed by atoms with Crippen molar-refractivity contribution in [2.75, 3.05) is 26.3 Å². The minimum Gasteiger partial charge on any atom is -0.377 e. The number of hydrogen-bond donors (Lipinski definition) is 1. The Bertz CT molecular complexity index is 629. The van der Waals surface area contributed by atoms with Crippen LogP contribution in [0.4, 0.5) is 0 Å². The van der Waals surface area contributed by atoms with Crippen molar-refractivity contribution in [2.45, 2.75) is 6.04 Å². The van der Waals surface area contributed by atoms with Crippen molar-refractivity contribution in [2.24, 2.45) is 5.73 Å². The van der Waals surface area contributed by atoms with E-state index in [-0.39, 0.29) is 11.9 Å². The molecule has 1 aromatic heterocycles. The third-order valence-electron chi connectivity index (χ3n) is 3.58. The van der Waals surface area contributed by atoms with Gasteiger partial charge in [0.25, 0.3) is 5.91 Å². The first-order valence-corrected chi connectivity index (χ1v) is 6.74. The van der Waals surface area contributed by atoms with Gasteiger partial charge in [-0.3, -0.25) is 4.79 Å². The van der Waals surface area contributed by atoms with E-state index < -0.39 is 0 Å². The summed E-state index contributed by atoms with van der Waals surface area (Å²) in [6.45, 7) is 2.01. The maximum atomic E-state index is 12.6. The molecule has 1 aromatic carbocycles. The zero-order chi connectivity index (χ0) is 13.9. The van der Waals surface area contributed by atoms with Crippen LogP contribution in [0.1, 0.15) is 10.5 Å². The summed E-state index contributed by atoms with van der Waals surface area (Å²) in [5.41, 5.74) is 7.00. The van der Waals surface area contributed by atoms with Gasteiger partial charge in [0, 0.05) is 18.5 Å². The zero-order valence-electron chi connectivity index (χ0n) is 11.2. The Kier molecular flexibility index (Phi) is 3.62. The first-order valence-electron chi connectivity index (χ1n) is 6.74. The zero-order valence-corrected chi connectivity index (χ0v) is 11.2. The first-order chi connectivity index (χ1) is 9.79. The number of amides is 1. The molecule has 0 bridgehead atoms. The highest BCUT2D eigenvalue weighted by molar-refractivity contribution is 5.95. The summed E-state index contributed by atoms with van der Waals surface area (Å²) in [5.74, 6) is -0.0745. The molecule has 2 aromatic rings. The molecule has 1 aliphatic heterocycles. The molecule has 0 radical (unpaired) electrons. The maximum Gasteiger partial charge on any atom is 0.272 e. The number of rotatable bonds is 2. The Hall–Kier alpha value is -1.98. The quantitative estimate of drug-likeness (QED) is 0.886. The molecule has 20 heavy (non-hydrogen) atoms. The number of para-hydroxylation sites is 1. The van der Waals surface area contributed by atoms with Crippen molar-refractivity contribution in [3.05, 3.63) is 42.1 Å². The highest BCUT2D eigenvalue weighted by atomic mass is 16.5. The number of nitrogens with two attached hydrogens (primary N) is 1. The molecule has 104 valence electrons. The lowest BCUT2D eigenvalue weighted by Crippen LogP contribution is -2.52. The summed E-state index contributed by atoms with van der Waals surface area (Å²) >= 11 is 0. The number of benzene rings is 1. The summed E-state index contributed by atoms with van der Waals surface area (Å²) < 4.78 is 5.37. The SMILES string of the molecule is NCC1COCCN1C(=O)c1ccc2ccccc2n1. The van der Waals surface area contributed by atoms with Crippen LogP contribution in [0.25, 0.3) is 10.9 Å². The number of carbonyl (C=O) groups is 1. The van der Waals surface area contributed by atoms with Crippen molar-refractivity contribution in [3.8, 4) is 0 Å². The second kappa shape index (κ2) is 5.56. The molecule has 1 unspecified atom stereocenters. The van der Waals surface area contributed by atoms with E-state index in [1.54, 1.807) is 11.0 Å². The van der Waals surface area contributed by atoms with Crippen LogP contribution in [0.5, 0.6) is 0 Å². The average Bonchev–Trinajstić information content (AvgIpc) is 2.53. The number of pyridine rings is 1. The third kappa shape index (κ3) is 2.37. The molecule has 1 aliphatic rings. The number of ether oxygens (including phenoxy) is 1. The molecule has 0 saturated carbocycles. The lowest BCUT2D eigenvalue weighted by Gasteiger charge is -2.34. The molecule has 1 saturated heterocycles. The van der Waals surface area contributed by atoms with Gasteiger partial charge in [0.15, 0.2) is 0 Å². The van der Waals surface area contributed by atoms with Gasteiger partial charge in [0.1, 0.15) is 5.69 Å². The van der Waals surface area contributed by atoms with Gasteiger partial charge < -0.3 is 15.4 Å². The molecule has 5 heteroatoms. The van der Waals surface area contributed by atoms with Crippen LogP contribution in [0.15, 0.2) is 36.4 Å². The van der Waals surface area contributed by atoms with E-state index in [1.165, 1.54) is 0 Å². The molecule has 1 atom stereocenters. The van der Waals surface area contributed by atoms with Crippen molar-refractivity contribution in [1.29, 1.82) is 0 Å². The van der Waals surface area contributed by atoms with Crippen molar-refractivity contribution >= 4 is 16.8 Å². The highest BCUT2D eigenvalue weighted by Gasteiger charge is 2.27. The van der Waals surface area contributed by atoms with Crippen LogP contribution in [-0.4, -0.2) is 48.1 Å². The summed E-state index contributed by atoms with van der Waals surface area (Å²) in [4.78, 5) is 18.8. The van der Waals surface area contributed by atoms with Gasteiger partial charge in [-0.2, -0.15) is 0 Å². The van der Waals surface area contributed by atoms with E-state index in [2.05, 4.69) is 4.98 Å². The van der Waals surface area contributed by atoms with Gasteiger partial charge >= 0.3 is 0 Å². The summed E-state index contributed by atoms with van der Waals surface area (Å²) in [6, 6.07) is 11.4. The monoisotopic (exact) mass is 271 g/mol. The molecule has 0 aliphatic carbocycles. The van der Waals surface area contributed by atoms with Gasteiger partial charge in [-0.05, 0) is 12.1 Å². The van der Waals surface area contributed by atoms with Crippen LogP contribution in [-0.2, 0) is 4.74 Å². The summed E-state index contributed by atoms with van der Waals surface area (Å²) in [6.07, 6.45) is 0. The normalized spacial score (nSPS) is 19.2. The smallest absolute Gasteiger partial charge is 0.272 e. The summed E-state index contributed by atoms with van der Waals surface area (Å²) in [5, 5.41) is 1.03. The fraction of sp³-hybridized carbons (Fsp3) is 0.333. The van der Waals surface area contributed by atoms with Crippen LogP contribution in [0.2, 0.25) is 0 Å². The number of hydrogen-bond acceptors (Lipinski definition) is 4. The van der Waals surface area contributed by atoms with E-state index in [1.807, 2.05) is 30.3 Å². The molecular formula is C15H17N3O2. The number of morpholine rings is 1. The predicted molar refractivity (Wildman–Crippen MR) is 76.4 cm³/mol. The number of fused-ring (bicyclic) bond motifs is 1. The molecule has 0 spiro atoms. The van der Waals surface area contributed by atoms with Crippen LogP contribution < -0.4 is 5.73 Å². The standard InChI is InChI=1S/C15H17N3O2/c16-9-12-10-20-8-7-18(12)15(19)14-6-5-11-3-1-2-4-13(11)17-14/h1-6,12H,7-10,16H2. The molecule has 1 amide bonds. The van der Waals surface area contributed by atoms with Gasteiger partial charge in [-0.25, -0.2) is 4.98 Å². The van der Waals surface area contributed by atoms with E-state index >= 15 is 0 Å². The Morgan fingerprint density at radius 1 is 1.35 bits per heavy atom. The van der Waals surface area contributed by atoms with Gasteiger partial charge in [-0.1, -0.05) is 24.3 Å². The van der Waals surface area contributed by atoms with Crippen molar-refractivity contribution in [1.82, 2.24) is 9.88 Å².